The van der Waals surface area contributed by atoms with Gasteiger partial charge in [-0.2, -0.15) is 0 Å². The summed E-state index contributed by atoms with van der Waals surface area (Å²) in [6, 6.07) is 3.73. The third-order valence-corrected chi connectivity index (χ3v) is 4.65. The number of nitrogens with one attached hydrogen (secondary N) is 2. The molecule has 1 aromatic heterocycles. The molecule has 0 bridgehead atoms. The Morgan fingerprint density at radius 3 is 2.38 bits per heavy atom. The number of aryl methyl sites for hydroxylation is 1. The minimum atomic E-state index is -0.218. The zero-order valence-electron chi connectivity index (χ0n) is 14.1. The van der Waals surface area contributed by atoms with E-state index in [1.165, 1.54) is 0 Å². The van der Waals surface area contributed by atoms with Gasteiger partial charge in [-0.3, -0.25) is 4.98 Å². The Balaban J connectivity index is 1.42. The fourth-order valence-corrected chi connectivity index (χ4v) is 3.22. The number of aromatic nitrogens is 1. The molecule has 2 aliphatic rings. The molecule has 0 aliphatic carbocycles. The van der Waals surface area contributed by atoms with Crippen LogP contribution in [0.4, 0.5) is 15.3 Å². The lowest BCUT2D eigenvalue weighted by Gasteiger charge is -2.34. The number of amides is 4. The van der Waals surface area contributed by atoms with E-state index in [0.29, 0.717) is 18.8 Å². The zero-order valence-corrected chi connectivity index (χ0v) is 14.1. The smallest absolute Gasteiger partial charge is 0.319 e. The van der Waals surface area contributed by atoms with Crippen LogP contribution in [0.25, 0.3) is 0 Å². The zero-order chi connectivity index (χ0) is 16.9. The van der Waals surface area contributed by atoms with Crippen molar-refractivity contribution in [1.82, 2.24) is 20.1 Å². The van der Waals surface area contributed by atoms with Gasteiger partial charge in [-0.25, -0.2) is 9.59 Å². The highest BCUT2D eigenvalue weighted by Gasteiger charge is 2.28. The number of carbonyl (C=O) groups is 2. The number of hydrogen-bond acceptors (Lipinski definition) is 3. The molecular weight excluding hydrogens is 306 g/mol. The average molecular weight is 331 g/mol. The van der Waals surface area contributed by atoms with Crippen LogP contribution in [0.1, 0.15) is 31.4 Å². The minimum Gasteiger partial charge on any atom is -0.335 e. The summed E-state index contributed by atoms with van der Waals surface area (Å²) >= 11 is 0. The topological polar surface area (TPSA) is 77.6 Å². The first kappa shape index (κ1) is 16.5. The van der Waals surface area contributed by atoms with Crippen molar-refractivity contribution in [3.63, 3.8) is 0 Å². The molecule has 7 nitrogen and oxygen atoms in total. The fourth-order valence-electron chi connectivity index (χ4n) is 3.22. The number of pyridine rings is 1. The molecule has 2 N–H and O–H groups in total. The summed E-state index contributed by atoms with van der Waals surface area (Å²) in [5.41, 5.74) is 1.59. The summed E-state index contributed by atoms with van der Waals surface area (Å²) in [6.45, 7) is 5.06. The maximum absolute atomic E-state index is 12.3. The van der Waals surface area contributed by atoms with Crippen LogP contribution in [0.15, 0.2) is 18.3 Å². The Labute approximate surface area is 142 Å². The number of piperidine rings is 1. The summed E-state index contributed by atoms with van der Waals surface area (Å²) in [5.74, 6) is 0. The third-order valence-electron chi connectivity index (χ3n) is 4.65. The summed E-state index contributed by atoms with van der Waals surface area (Å²) < 4.78 is 0. The molecule has 7 heteroatoms. The Kier molecular flexibility index (Phi) is 5.17. The van der Waals surface area contributed by atoms with E-state index in [9.17, 15) is 9.59 Å². The lowest BCUT2D eigenvalue weighted by molar-refractivity contribution is 0.146. The van der Waals surface area contributed by atoms with Gasteiger partial charge in [-0.05, 0) is 44.7 Å². The molecule has 130 valence electrons. The van der Waals surface area contributed by atoms with Crippen molar-refractivity contribution in [2.75, 3.05) is 31.5 Å². The molecular formula is C17H25N5O2. The van der Waals surface area contributed by atoms with Crippen molar-refractivity contribution in [2.24, 2.45) is 0 Å². The maximum Gasteiger partial charge on any atom is 0.319 e. The Hall–Kier alpha value is -2.31. The Morgan fingerprint density at radius 2 is 1.75 bits per heavy atom. The van der Waals surface area contributed by atoms with Gasteiger partial charge in [-0.15, -0.1) is 0 Å². The van der Waals surface area contributed by atoms with Gasteiger partial charge in [0.25, 0.3) is 0 Å². The van der Waals surface area contributed by atoms with Crippen molar-refractivity contribution in [3.8, 4) is 0 Å². The quantitative estimate of drug-likeness (QED) is 0.872. The number of likely N-dealkylation sites (tertiary alicyclic amines) is 2. The van der Waals surface area contributed by atoms with Crippen LogP contribution in [0, 0.1) is 6.92 Å². The number of urea groups is 2. The highest BCUT2D eigenvalue weighted by molar-refractivity contribution is 5.89. The van der Waals surface area contributed by atoms with E-state index < -0.39 is 0 Å². The fraction of sp³-hybridized carbons (Fsp3) is 0.588. The number of carbonyl (C=O) groups excluding carboxylic acids is 2. The van der Waals surface area contributed by atoms with Crippen LogP contribution >= 0.6 is 0 Å². The molecule has 2 saturated heterocycles. The molecule has 24 heavy (non-hydrogen) atoms. The third kappa shape index (κ3) is 4.15. The average Bonchev–Trinajstić information content (AvgIpc) is 3.11. The molecule has 1 aromatic rings. The SMILES string of the molecule is Cc1ccc(NC(=O)NC2CCN(C(=O)N3CCCC3)CC2)cn1. The molecule has 0 spiro atoms. The van der Waals surface area contributed by atoms with Gasteiger partial charge in [-0.1, -0.05) is 0 Å². The second-order valence-electron chi connectivity index (χ2n) is 6.52. The summed E-state index contributed by atoms with van der Waals surface area (Å²) in [4.78, 5) is 32.4. The van der Waals surface area contributed by atoms with E-state index in [2.05, 4.69) is 15.6 Å². The second kappa shape index (κ2) is 7.51. The van der Waals surface area contributed by atoms with Crippen molar-refractivity contribution in [1.29, 1.82) is 0 Å². The molecule has 0 aromatic carbocycles. The van der Waals surface area contributed by atoms with Crippen LogP contribution in [0.3, 0.4) is 0 Å². The predicted molar refractivity (Wildman–Crippen MR) is 91.9 cm³/mol. The van der Waals surface area contributed by atoms with Gasteiger partial charge < -0.3 is 20.4 Å². The van der Waals surface area contributed by atoms with Gasteiger partial charge in [0.05, 0.1) is 11.9 Å². The van der Waals surface area contributed by atoms with E-state index in [0.717, 1.165) is 44.5 Å². The first-order chi connectivity index (χ1) is 11.6. The number of anilines is 1. The van der Waals surface area contributed by atoms with Crippen molar-refractivity contribution < 1.29 is 9.59 Å². The van der Waals surface area contributed by atoms with E-state index in [1.807, 2.05) is 28.9 Å². The Morgan fingerprint density at radius 1 is 1.08 bits per heavy atom. The first-order valence-corrected chi connectivity index (χ1v) is 8.66. The lowest BCUT2D eigenvalue weighted by atomic mass is 10.1. The van der Waals surface area contributed by atoms with Gasteiger partial charge in [0.2, 0.25) is 0 Å². The maximum atomic E-state index is 12.3. The largest absolute Gasteiger partial charge is 0.335 e. The molecule has 0 atom stereocenters. The normalized spacial score (nSPS) is 18.5. The first-order valence-electron chi connectivity index (χ1n) is 8.66. The monoisotopic (exact) mass is 331 g/mol. The van der Waals surface area contributed by atoms with E-state index in [-0.39, 0.29) is 18.1 Å². The number of nitrogens with zero attached hydrogens (tertiary/aromatic N) is 3. The lowest BCUT2D eigenvalue weighted by Crippen LogP contribution is -2.50. The van der Waals surface area contributed by atoms with Gasteiger partial charge >= 0.3 is 12.1 Å². The standard InChI is InChI=1S/C17H25N5O2/c1-13-4-5-15(12-18-13)20-16(23)19-14-6-10-22(11-7-14)17(24)21-8-2-3-9-21/h4-5,12,14H,2-3,6-11H2,1H3,(H2,19,20,23). The minimum absolute atomic E-state index is 0.103. The van der Waals surface area contributed by atoms with E-state index in [1.54, 1.807) is 6.20 Å². The molecule has 0 saturated carbocycles. The van der Waals surface area contributed by atoms with E-state index in [4.69, 9.17) is 0 Å². The van der Waals surface area contributed by atoms with Crippen LogP contribution < -0.4 is 10.6 Å². The molecule has 3 heterocycles. The van der Waals surface area contributed by atoms with Crippen LogP contribution in [-0.4, -0.2) is 59.1 Å². The summed E-state index contributed by atoms with van der Waals surface area (Å²) in [7, 11) is 0. The second-order valence-corrected chi connectivity index (χ2v) is 6.52. The molecule has 2 fully saturated rings. The molecule has 2 aliphatic heterocycles. The summed E-state index contributed by atoms with van der Waals surface area (Å²) in [6.07, 6.45) is 5.44. The van der Waals surface area contributed by atoms with Crippen molar-refractivity contribution in [3.05, 3.63) is 24.0 Å². The van der Waals surface area contributed by atoms with Crippen molar-refractivity contribution >= 4 is 17.7 Å². The number of rotatable bonds is 2. The Bertz CT molecular complexity index is 575. The van der Waals surface area contributed by atoms with Crippen LogP contribution in [-0.2, 0) is 0 Å². The van der Waals surface area contributed by atoms with Gasteiger partial charge in [0.15, 0.2) is 0 Å². The van der Waals surface area contributed by atoms with Gasteiger partial charge in [0, 0.05) is 37.9 Å². The molecule has 0 unspecified atom stereocenters. The molecule has 3 rings (SSSR count). The van der Waals surface area contributed by atoms with E-state index >= 15 is 0 Å². The highest BCUT2D eigenvalue weighted by Crippen LogP contribution is 2.16. The molecule has 0 radical (unpaired) electrons. The highest BCUT2D eigenvalue weighted by atomic mass is 16.2. The van der Waals surface area contributed by atoms with Crippen molar-refractivity contribution in [2.45, 2.75) is 38.6 Å². The molecule has 4 amide bonds. The predicted octanol–water partition coefficient (Wildman–Crippen LogP) is 2.19. The summed E-state index contributed by atoms with van der Waals surface area (Å²) in [5, 5.41) is 5.78. The van der Waals surface area contributed by atoms with Crippen LogP contribution in [0.2, 0.25) is 0 Å². The van der Waals surface area contributed by atoms with Gasteiger partial charge in [0.1, 0.15) is 0 Å². The van der Waals surface area contributed by atoms with Crippen LogP contribution in [0.5, 0.6) is 0 Å². The number of hydrogen-bond donors (Lipinski definition) is 2.